The fourth-order valence-corrected chi connectivity index (χ4v) is 11.2. The Balaban J connectivity index is 3.05. The predicted molar refractivity (Wildman–Crippen MR) is 98.0 cm³/mol. The Morgan fingerprint density at radius 1 is 1.13 bits per heavy atom. The Kier molecular flexibility index (Phi) is 7.75. The van der Waals surface area contributed by atoms with Crippen LogP contribution in [0.25, 0.3) is 0 Å². The molecule has 1 heterocycles. The van der Waals surface area contributed by atoms with Crippen molar-refractivity contribution in [1.29, 1.82) is 0 Å². The Hall–Kier alpha value is -0.393. The monoisotopic (exact) mass is 343 g/mol. The van der Waals surface area contributed by atoms with Crippen molar-refractivity contribution in [1.82, 2.24) is 5.06 Å². The largest absolute Gasteiger partial charge is 0.391 e. The minimum absolute atomic E-state index is 0.0138. The van der Waals surface area contributed by atoms with Gasteiger partial charge < -0.3 is 5.11 Å². The summed E-state index contributed by atoms with van der Waals surface area (Å²) in [6.07, 6.45) is 2.74. The van der Waals surface area contributed by atoms with Crippen LogP contribution in [0.4, 0.5) is 0 Å². The molecule has 0 bridgehead atoms. The second kappa shape index (κ2) is 8.63. The molecule has 1 aliphatic heterocycles. The molecule has 4 nitrogen and oxygen atoms in total. The number of amides is 1. The lowest BCUT2D eigenvalue weighted by Gasteiger charge is -2.46. The Morgan fingerprint density at radius 2 is 1.65 bits per heavy atom. The summed E-state index contributed by atoms with van der Waals surface area (Å²) < 4.78 is 0. The number of rotatable bonds is 7. The quantitative estimate of drug-likeness (QED) is 0.699. The number of hydrogen-bond acceptors (Lipinski definition) is 3. The number of hydrogen-bond donors (Lipinski definition) is 1. The van der Waals surface area contributed by atoms with Gasteiger partial charge in [-0.3, -0.25) is 9.63 Å². The van der Waals surface area contributed by atoms with Gasteiger partial charge in [-0.15, -0.1) is 0 Å². The van der Waals surface area contributed by atoms with Crippen LogP contribution in [0.1, 0.15) is 67.2 Å². The first-order valence-corrected chi connectivity index (χ1v) is 11.7. The highest BCUT2D eigenvalue weighted by molar-refractivity contribution is 6.83. The fourth-order valence-electron chi connectivity index (χ4n) is 4.83. The molecule has 1 fully saturated rings. The maximum absolute atomic E-state index is 12.2. The third-order valence-corrected chi connectivity index (χ3v) is 13.7. The van der Waals surface area contributed by atoms with Gasteiger partial charge in [0.2, 0.25) is 5.91 Å². The van der Waals surface area contributed by atoms with E-state index >= 15 is 0 Å². The molecule has 0 saturated carbocycles. The third-order valence-electron chi connectivity index (χ3n) is 6.12. The second-order valence-corrected chi connectivity index (χ2v) is 14.2. The maximum atomic E-state index is 12.2. The van der Waals surface area contributed by atoms with E-state index in [0.29, 0.717) is 23.0 Å². The fraction of sp³-hybridized carbons (Fsp3) is 0.944. The van der Waals surface area contributed by atoms with Gasteiger partial charge in [-0.05, 0) is 18.9 Å². The summed E-state index contributed by atoms with van der Waals surface area (Å²) in [6, 6.07) is 0.649. The summed E-state index contributed by atoms with van der Waals surface area (Å²) in [4.78, 5) is 17.6. The molecule has 0 aromatic heterocycles. The van der Waals surface area contributed by atoms with E-state index in [1.807, 2.05) is 0 Å². The molecule has 1 aliphatic rings. The Labute approximate surface area is 143 Å². The van der Waals surface area contributed by atoms with E-state index in [1.165, 1.54) is 5.06 Å². The normalized spacial score (nSPS) is 22.1. The minimum atomic E-state index is -1.70. The zero-order valence-corrected chi connectivity index (χ0v) is 17.1. The van der Waals surface area contributed by atoms with Crippen LogP contribution in [-0.4, -0.2) is 43.4 Å². The van der Waals surface area contributed by atoms with Crippen molar-refractivity contribution < 1.29 is 14.7 Å². The highest BCUT2D eigenvalue weighted by Crippen LogP contribution is 2.46. The van der Waals surface area contributed by atoms with Gasteiger partial charge in [-0.25, -0.2) is 5.06 Å². The molecule has 5 heteroatoms. The molecule has 0 aromatic rings. The minimum Gasteiger partial charge on any atom is -0.391 e. The topological polar surface area (TPSA) is 49.8 Å². The maximum Gasteiger partial charge on any atom is 0.246 e. The smallest absolute Gasteiger partial charge is 0.246 e. The van der Waals surface area contributed by atoms with Gasteiger partial charge in [0, 0.05) is 6.42 Å². The molecular formula is C18H37NO3Si. The molecule has 1 rings (SSSR count). The third kappa shape index (κ3) is 4.37. The van der Waals surface area contributed by atoms with Gasteiger partial charge in [-0.1, -0.05) is 64.6 Å². The molecular weight excluding hydrogens is 306 g/mol. The van der Waals surface area contributed by atoms with Gasteiger partial charge in [0.05, 0.1) is 27.3 Å². The van der Waals surface area contributed by atoms with Crippen molar-refractivity contribution in [3.63, 3.8) is 0 Å². The molecule has 1 amide bonds. The van der Waals surface area contributed by atoms with Gasteiger partial charge in [0.15, 0.2) is 0 Å². The number of carbonyl (C=O) groups excluding carboxylic acids is 1. The van der Waals surface area contributed by atoms with Crippen molar-refractivity contribution in [3.05, 3.63) is 0 Å². The van der Waals surface area contributed by atoms with Crippen LogP contribution in [0.3, 0.4) is 0 Å². The van der Waals surface area contributed by atoms with E-state index in [4.69, 9.17) is 4.84 Å². The molecule has 0 aromatic carbocycles. The zero-order chi connectivity index (χ0) is 17.8. The summed E-state index contributed by atoms with van der Waals surface area (Å²) in [6.45, 7) is 13.9. The van der Waals surface area contributed by atoms with Crippen LogP contribution >= 0.6 is 0 Å². The van der Waals surface area contributed by atoms with Gasteiger partial charge in [0.1, 0.15) is 0 Å². The molecule has 1 saturated heterocycles. The van der Waals surface area contributed by atoms with Crippen LogP contribution in [0.2, 0.25) is 22.7 Å². The van der Waals surface area contributed by atoms with E-state index in [1.54, 1.807) is 7.11 Å². The van der Waals surface area contributed by atoms with Crippen molar-refractivity contribution >= 4 is 14.0 Å². The lowest BCUT2D eigenvalue weighted by Crippen LogP contribution is -2.52. The molecule has 1 N–H and O–H groups in total. The number of hydroxylamine groups is 2. The van der Waals surface area contributed by atoms with Crippen molar-refractivity contribution in [2.45, 2.75) is 102 Å². The lowest BCUT2D eigenvalue weighted by atomic mass is 10.1. The summed E-state index contributed by atoms with van der Waals surface area (Å²) in [5.74, 6) is 0.0138. The first-order valence-electron chi connectivity index (χ1n) is 9.22. The van der Waals surface area contributed by atoms with Crippen molar-refractivity contribution in [2.75, 3.05) is 7.11 Å². The van der Waals surface area contributed by atoms with Crippen LogP contribution in [0, 0.1) is 0 Å². The van der Waals surface area contributed by atoms with E-state index in [9.17, 15) is 9.90 Å². The Morgan fingerprint density at radius 3 is 2.09 bits per heavy atom. The molecule has 0 unspecified atom stereocenters. The van der Waals surface area contributed by atoms with Crippen LogP contribution in [-0.2, 0) is 9.63 Å². The average Bonchev–Trinajstić information content (AvgIpc) is 2.64. The number of nitrogens with zero attached hydrogens (tertiary/aromatic N) is 1. The van der Waals surface area contributed by atoms with E-state index in [2.05, 4.69) is 41.5 Å². The van der Waals surface area contributed by atoms with Crippen LogP contribution in [0.15, 0.2) is 0 Å². The lowest BCUT2D eigenvalue weighted by molar-refractivity contribution is -0.196. The SMILES string of the molecule is CON1C(=O)CCCC[C@@H]1[C@@H](O)C[Si](C(C)C)(C(C)C)C(C)C. The molecule has 23 heavy (non-hydrogen) atoms. The van der Waals surface area contributed by atoms with Crippen molar-refractivity contribution in [3.8, 4) is 0 Å². The summed E-state index contributed by atoms with van der Waals surface area (Å²) in [7, 11) is -0.156. The zero-order valence-electron chi connectivity index (χ0n) is 16.1. The highest BCUT2D eigenvalue weighted by atomic mass is 28.3. The Bertz CT molecular complexity index is 363. The van der Waals surface area contributed by atoms with Crippen LogP contribution in [0.5, 0.6) is 0 Å². The first-order chi connectivity index (χ1) is 10.7. The highest BCUT2D eigenvalue weighted by Gasteiger charge is 2.46. The van der Waals surface area contributed by atoms with Gasteiger partial charge in [-0.2, -0.15) is 0 Å². The molecule has 136 valence electrons. The van der Waals surface area contributed by atoms with Gasteiger partial charge >= 0.3 is 0 Å². The van der Waals surface area contributed by atoms with Crippen molar-refractivity contribution in [2.24, 2.45) is 0 Å². The first kappa shape index (κ1) is 20.7. The number of carbonyl (C=O) groups is 1. The number of aliphatic hydroxyl groups excluding tert-OH is 1. The standard InChI is InChI=1S/C18H37NO3Si/c1-13(2)23(14(3)4,15(5)6)12-17(20)16-10-8-9-11-18(21)19(16)22-7/h13-17,20H,8-12H2,1-7H3/t16-,17+/m1/s1. The number of aliphatic hydroxyl groups is 1. The van der Waals surface area contributed by atoms with E-state index in [0.717, 1.165) is 25.3 Å². The molecule has 0 spiro atoms. The van der Waals surface area contributed by atoms with Gasteiger partial charge in [0.25, 0.3) is 0 Å². The summed E-state index contributed by atoms with van der Waals surface area (Å²) in [5.41, 5.74) is 1.82. The van der Waals surface area contributed by atoms with E-state index < -0.39 is 14.2 Å². The predicted octanol–water partition coefficient (Wildman–Crippen LogP) is 4.36. The summed E-state index contributed by atoms with van der Waals surface area (Å²) in [5, 5.41) is 12.5. The summed E-state index contributed by atoms with van der Waals surface area (Å²) >= 11 is 0. The van der Waals surface area contributed by atoms with E-state index in [-0.39, 0.29) is 11.9 Å². The molecule has 2 atom stereocenters. The second-order valence-electron chi connectivity index (χ2n) is 8.06. The average molecular weight is 344 g/mol. The molecule has 0 radical (unpaired) electrons. The molecule has 0 aliphatic carbocycles. The van der Waals surface area contributed by atoms with Crippen LogP contribution < -0.4 is 0 Å².